The Labute approximate surface area is 134 Å². The lowest BCUT2D eigenvalue weighted by Crippen LogP contribution is -2.10. The van der Waals surface area contributed by atoms with Crippen LogP contribution in [0, 0.1) is 0 Å². The largest absolute Gasteiger partial charge is 0.489 e. The number of alkyl halides is 3. The molecule has 6 heteroatoms. The second kappa shape index (κ2) is 6.52. The van der Waals surface area contributed by atoms with Crippen LogP contribution in [-0.4, -0.2) is 5.78 Å². The van der Waals surface area contributed by atoms with Gasteiger partial charge < -0.3 is 4.74 Å². The van der Waals surface area contributed by atoms with E-state index < -0.39 is 11.7 Å². The van der Waals surface area contributed by atoms with Crippen LogP contribution in [-0.2, 0) is 12.8 Å². The number of ketones is 1. The summed E-state index contributed by atoms with van der Waals surface area (Å²) >= 11 is 3.24. The number of halogens is 4. The van der Waals surface area contributed by atoms with E-state index in [1.165, 1.54) is 25.1 Å². The fourth-order valence-electron chi connectivity index (χ4n) is 1.95. The van der Waals surface area contributed by atoms with Gasteiger partial charge in [-0.3, -0.25) is 4.79 Å². The Morgan fingerprint density at radius 3 is 2.45 bits per heavy atom. The first-order valence-electron chi connectivity index (χ1n) is 6.37. The minimum atomic E-state index is -4.42. The van der Waals surface area contributed by atoms with Crippen LogP contribution in [0.15, 0.2) is 46.9 Å². The van der Waals surface area contributed by atoms with E-state index in [9.17, 15) is 18.0 Å². The molecule has 0 bridgehead atoms. The van der Waals surface area contributed by atoms with Gasteiger partial charge in [0.05, 0.1) is 5.56 Å². The van der Waals surface area contributed by atoms with E-state index in [-0.39, 0.29) is 18.0 Å². The fourth-order valence-corrected chi connectivity index (χ4v) is 2.59. The zero-order chi connectivity index (χ0) is 16.3. The Balaban J connectivity index is 2.18. The number of rotatable bonds is 4. The standard InChI is InChI=1S/C16H12BrF3O2/c1-10(21)13-7-6-12(8-15(13)17)22-9-11-4-2-3-5-14(11)16(18,19)20/h2-8H,9H2,1H3. The lowest BCUT2D eigenvalue weighted by atomic mass is 10.1. The third kappa shape index (κ3) is 3.88. The molecule has 0 aliphatic rings. The third-order valence-electron chi connectivity index (χ3n) is 3.04. The van der Waals surface area contributed by atoms with Gasteiger partial charge in [0, 0.05) is 15.6 Å². The number of Topliss-reactive ketones (excluding diaryl/α,β-unsaturated/α-hetero) is 1. The molecule has 0 saturated carbocycles. The van der Waals surface area contributed by atoms with Crippen molar-refractivity contribution in [3.63, 3.8) is 0 Å². The van der Waals surface area contributed by atoms with Crippen LogP contribution >= 0.6 is 15.9 Å². The van der Waals surface area contributed by atoms with Gasteiger partial charge in [0.1, 0.15) is 12.4 Å². The molecule has 0 aliphatic carbocycles. The Hall–Kier alpha value is -1.82. The topological polar surface area (TPSA) is 26.3 Å². The molecule has 0 unspecified atom stereocenters. The highest BCUT2D eigenvalue weighted by atomic mass is 79.9. The molecule has 0 fully saturated rings. The van der Waals surface area contributed by atoms with E-state index >= 15 is 0 Å². The van der Waals surface area contributed by atoms with Crippen molar-refractivity contribution in [2.24, 2.45) is 0 Å². The molecular weight excluding hydrogens is 361 g/mol. The Morgan fingerprint density at radius 2 is 1.86 bits per heavy atom. The number of carbonyl (C=O) groups is 1. The maximum atomic E-state index is 12.9. The van der Waals surface area contributed by atoms with Crippen LogP contribution in [0.25, 0.3) is 0 Å². The maximum absolute atomic E-state index is 12.9. The van der Waals surface area contributed by atoms with Crippen LogP contribution in [0.3, 0.4) is 0 Å². The minimum Gasteiger partial charge on any atom is -0.489 e. The number of ether oxygens (including phenoxy) is 1. The van der Waals surface area contributed by atoms with Gasteiger partial charge in [-0.15, -0.1) is 0 Å². The van der Waals surface area contributed by atoms with E-state index in [1.807, 2.05) is 0 Å². The summed E-state index contributed by atoms with van der Waals surface area (Å²) in [7, 11) is 0. The van der Waals surface area contributed by atoms with Gasteiger partial charge in [-0.05, 0) is 47.1 Å². The summed E-state index contributed by atoms with van der Waals surface area (Å²) < 4.78 is 44.6. The predicted molar refractivity (Wildman–Crippen MR) is 79.9 cm³/mol. The molecule has 0 amide bonds. The smallest absolute Gasteiger partial charge is 0.416 e. The quantitative estimate of drug-likeness (QED) is 0.685. The molecule has 2 nitrogen and oxygen atoms in total. The third-order valence-corrected chi connectivity index (χ3v) is 3.69. The van der Waals surface area contributed by atoms with Crippen LogP contribution in [0.5, 0.6) is 5.75 Å². The molecule has 0 atom stereocenters. The fraction of sp³-hybridized carbons (Fsp3) is 0.188. The first-order valence-corrected chi connectivity index (χ1v) is 7.16. The zero-order valence-corrected chi connectivity index (χ0v) is 13.2. The first kappa shape index (κ1) is 16.5. The van der Waals surface area contributed by atoms with E-state index in [0.29, 0.717) is 15.8 Å². The molecule has 0 aliphatic heterocycles. The highest BCUT2D eigenvalue weighted by Crippen LogP contribution is 2.32. The molecule has 0 N–H and O–H groups in total. The molecule has 0 saturated heterocycles. The van der Waals surface area contributed by atoms with Crippen molar-refractivity contribution in [3.8, 4) is 5.75 Å². The number of benzene rings is 2. The summed E-state index contributed by atoms with van der Waals surface area (Å²) in [6.45, 7) is 1.22. The van der Waals surface area contributed by atoms with Gasteiger partial charge >= 0.3 is 6.18 Å². The Kier molecular flexibility index (Phi) is 4.90. The van der Waals surface area contributed by atoms with Crippen LogP contribution in [0.4, 0.5) is 13.2 Å². The Bertz CT molecular complexity index is 696. The van der Waals surface area contributed by atoms with Gasteiger partial charge in [-0.2, -0.15) is 13.2 Å². The van der Waals surface area contributed by atoms with E-state index in [2.05, 4.69) is 15.9 Å². The van der Waals surface area contributed by atoms with Gasteiger partial charge in [0.25, 0.3) is 0 Å². The van der Waals surface area contributed by atoms with E-state index in [1.54, 1.807) is 18.2 Å². The normalized spacial score (nSPS) is 11.3. The molecule has 0 heterocycles. The molecule has 2 aromatic carbocycles. The highest BCUT2D eigenvalue weighted by molar-refractivity contribution is 9.10. The molecule has 22 heavy (non-hydrogen) atoms. The number of carbonyl (C=O) groups excluding carboxylic acids is 1. The first-order chi connectivity index (χ1) is 10.3. The summed E-state index contributed by atoms with van der Waals surface area (Å²) in [5.74, 6) is 0.273. The summed E-state index contributed by atoms with van der Waals surface area (Å²) in [6.07, 6.45) is -4.42. The predicted octanol–water partition coefficient (Wildman–Crippen LogP) is 5.25. The average Bonchev–Trinajstić information content (AvgIpc) is 2.44. The van der Waals surface area contributed by atoms with E-state index in [4.69, 9.17) is 4.74 Å². The van der Waals surface area contributed by atoms with Crippen LogP contribution in [0.1, 0.15) is 28.4 Å². The van der Waals surface area contributed by atoms with Gasteiger partial charge in [-0.1, -0.05) is 18.2 Å². The summed E-state index contributed by atoms with van der Waals surface area (Å²) in [5, 5.41) is 0. The Morgan fingerprint density at radius 1 is 1.18 bits per heavy atom. The lowest BCUT2D eigenvalue weighted by Gasteiger charge is -2.14. The van der Waals surface area contributed by atoms with Crippen LogP contribution < -0.4 is 4.74 Å². The molecule has 0 radical (unpaired) electrons. The second-order valence-electron chi connectivity index (χ2n) is 4.64. The van der Waals surface area contributed by atoms with Crippen molar-refractivity contribution < 1.29 is 22.7 Å². The average molecular weight is 373 g/mol. The maximum Gasteiger partial charge on any atom is 0.416 e. The van der Waals surface area contributed by atoms with Crippen molar-refractivity contribution in [2.45, 2.75) is 19.7 Å². The summed E-state index contributed by atoms with van der Waals surface area (Å²) in [5.41, 5.74) is -0.167. The van der Waals surface area contributed by atoms with E-state index in [0.717, 1.165) is 6.07 Å². The highest BCUT2D eigenvalue weighted by Gasteiger charge is 2.32. The SMILES string of the molecule is CC(=O)c1ccc(OCc2ccccc2C(F)(F)F)cc1Br. The summed E-state index contributed by atoms with van der Waals surface area (Å²) in [4.78, 5) is 11.3. The zero-order valence-electron chi connectivity index (χ0n) is 11.6. The van der Waals surface area contributed by atoms with Gasteiger partial charge in [-0.25, -0.2) is 0 Å². The monoisotopic (exact) mass is 372 g/mol. The van der Waals surface area contributed by atoms with Gasteiger partial charge in [0.15, 0.2) is 5.78 Å². The summed E-state index contributed by atoms with van der Waals surface area (Å²) in [6, 6.07) is 9.95. The molecule has 0 aromatic heterocycles. The lowest BCUT2D eigenvalue weighted by molar-refractivity contribution is -0.138. The van der Waals surface area contributed by atoms with Crippen molar-refractivity contribution in [3.05, 3.63) is 63.6 Å². The van der Waals surface area contributed by atoms with Crippen LogP contribution in [0.2, 0.25) is 0 Å². The second-order valence-corrected chi connectivity index (χ2v) is 5.50. The van der Waals surface area contributed by atoms with Gasteiger partial charge in [0.2, 0.25) is 0 Å². The van der Waals surface area contributed by atoms with Crippen molar-refractivity contribution in [2.75, 3.05) is 0 Å². The molecule has 0 spiro atoms. The van der Waals surface area contributed by atoms with Crippen molar-refractivity contribution >= 4 is 21.7 Å². The molecule has 116 valence electrons. The number of hydrogen-bond donors (Lipinski definition) is 0. The van der Waals surface area contributed by atoms with Crippen molar-refractivity contribution in [1.29, 1.82) is 0 Å². The molecule has 2 aromatic rings. The molecule has 2 rings (SSSR count). The minimum absolute atomic E-state index is 0.0572. The van der Waals surface area contributed by atoms with Crippen molar-refractivity contribution in [1.82, 2.24) is 0 Å². The molecular formula is C16H12BrF3O2. The number of hydrogen-bond acceptors (Lipinski definition) is 2.